The average molecular weight is 272 g/mol. The minimum atomic E-state index is -0.700. The lowest BCUT2D eigenvalue weighted by atomic mass is 9.58. The Morgan fingerprint density at radius 3 is 2.10 bits per heavy atom. The molecule has 1 aliphatic carbocycles. The third kappa shape index (κ3) is 1.83. The molecule has 0 heterocycles. The molecule has 1 unspecified atom stereocenters. The summed E-state index contributed by atoms with van der Waals surface area (Å²) in [5.41, 5.74) is 5.93. The van der Waals surface area contributed by atoms with Crippen LogP contribution in [0.2, 0.25) is 0 Å². The zero-order chi connectivity index (χ0) is 14.9. The second-order valence-electron chi connectivity index (χ2n) is 5.22. The highest BCUT2D eigenvalue weighted by Crippen LogP contribution is 2.50. The van der Waals surface area contributed by atoms with Gasteiger partial charge in [0.15, 0.2) is 5.78 Å². The smallest absolute Gasteiger partial charge is 0.182 e. The van der Waals surface area contributed by atoms with E-state index >= 15 is 0 Å². The van der Waals surface area contributed by atoms with Gasteiger partial charge in [-0.2, -0.15) is 0 Å². The summed E-state index contributed by atoms with van der Waals surface area (Å²) in [5.74, 6) is 0.119. The summed E-state index contributed by atoms with van der Waals surface area (Å²) in [5, 5.41) is 0. The van der Waals surface area contributed by atoms with E-state index in [1.807, 2.05) is 67.6 Å². The number of carbonyl (C=O) groups excluding carboxylic acids is 1. The van der Waals surface area contributed by atoms with Crippen LogP contribution in [0.25, 0.3) is 5.57 Å². The van der Waals surface area contributed by atoms with Crippen LogP contribution in [-0.4, -0.2) is 5.78 Å². The molecule has 2 aromatic carbocycles. The van der Waals surface area contributed by atoms with Gasteiger partial charge in [0.05, 0.1) is 0 Å². The highest BCUT2D eigenvalue weighted by Gasteiger charge is 2.51. The van der Waals surface area contributed by atoms with Crippen LogP contribution in [0.4, 0.5) is 0 Å². The van der Waals surface area contributed by atoms with Crippen molar-refractivity contribution >= 4 is 11.4 Å². The van der Waals surface area contributed by atoms with E-state index in [4.69, 9.17) is 0 Å². The van der Waals surface area contributed by atoms with E-state index in [0.717, 1.165) is 22.3 Å². The number of carbonyl (C=O) groups is 1. The quantitative estimate of drug-likeness (QED) is 0.760. The Hall–Kier alpha value is -2.63. The van der Waals surface area contributed by atoms with E-state index in [1.54, 1.807) is 6.08 Å². The molecule has 0 saturated carbocycles. The first-order valence-corrected chi connectivity index (χ1v) is 6.96. The first-order chi connectivity index (χ1) is 10.2. The summed E-state index contributed by atoms with van der Waals surface area (Å²) < 4.78 is 0. The van der Waals surface area contributed by atoms with Crippen LogP contribution in [0.15, 0.2) is 84.6 Å². The Balaban J connectivity index is 2.21. The Morgan fingerprint density at radius 1 is 1.00 bits per heavy atom. The van der Waals surface area contributed by atoms with Crippen molar-refractivity contribution < 1.29 is 4.79 Å². The summed E-state index contributed by atoms with van der Waals surface area (Å²) in [6.45, 7) is 5.68. The lowest BCUT2D eigenvalue weighted by Gasteiger charge is -2.41. The third-order valence-corrected chi connectivity index (χ3v) is 4.16. The van der Waals surface area contributed by atoms with Crippen molar-refractivity contribution in [1.29, 1.82) is 0 Å². The second-order valence-corrected chi connectivity index (χ2v) is 5.22. The van der Waals surface area contributed by atoms with Gasteiger partial charge in [0.25, 0.3) is 0 Å². The number of hydrogen-bond donors (Lipinski definition) is 0. The van der Waals surface area contributed by atoms with Crippen molar-refractivity contribution in [3.8, 4) is 0 Å². The molecule has 0 amide bonds. The van der Waals surface area contributed by atoms with Gasteiger partial charge in [-0.15, -0.1) is 5.73 Å². The Labute approximate surface area is 124 Å². The number of rotatable bonds is 3. The zero-order valence-electron chi connectivity index (χ0n) is 12.0. The SMILES string of the molecule is C=C=CC1(c2ccccc2)C(=O)C(c2ccccc2)=C1C. The summed E-state index contributed by atoms with van der Waals surface area (Å²) >= 11 is 0. The van der Waals surface area contributed by atoms with Gasteiger partial charge in [-0.05, 0) is 29.7 Å². The van der Waals surface area contributed by atoms with Gasteiger partial charge in [0, 0.05) is 5.57 Å². The Morgan fingerprint density at radius 2 is 1.57 bits per heavy atom. The minimum absolute atomic E-state index is 0.119. The van der Waals surface area contributed by atoms with E-state index in [0.29, 0.717) is 0 Å². The summed E-state index contributed by atoms with van der Waals surface area (Å²) in [4.78, 5) is 12.9. The average Bonchev–Trinajstić information content (AvgIpc) is 2.54. The van der Waals surface area contributed by atoms with Gasteiger partial charge in [-0.25, -0.2) is 0 Å². The molecule has 0 spiro atoms. The van der Waals surface area contributed by atoms with Crippen LogP contribution in [0.5, 0.6) is 0 Å². The zero-order valence-corrected chi connectivity index (χ0v) is 12.0. The molecule has 1 nitrogen and oxygen atoms in total. The summed E-state index contributed by atoms with van der Waals surface area (Å²) in [6, 6.07) is 19.6. The lowest BCUT2D eigenvalue weighted by molar-refractivity contribution is -0.118. The van der Waals surface area contributed by atoms with Gasteiger partial charge in [-0.3, -0.25) is 4.79 Å². The molecular formula is C20H16O. The maximum absolute atomic E-state index is 12.9. The predicted molar refractivity (Wildman–Crippen MR) is 85.9 cm³/mol. The molecule has 0 N–H and O–H groups in total. The van der Waals surface area contributed by atoms with Crippen LogP contribution in [0, 0.1) is 0 Å². The first kappa shape index (κ1) is 13.4. The molecule has 21 heavy (non-hydrogen) atoms. The Kier molecular flexibility index (Phi) is 3.21. The van der Waals surface area contributed by atoms with E-state index in [2.05, 4.69) is 12.3 Å². The molecule has 2 aromatic rings. The van der Waals surface area contributed by atoms with Crippen molar-refractivity contribution in [1.82, 2.24) is 0 Å². The molecule has 1 atom stereocenters. The molecule has 3 rings (SSSR count). The molecular weight excluding hydrogens is 256 g/mol. The minimum Gasteiger partial charge on any atom is -0.292 e. The van der Waals surface area contributed by atoms with E-state index in [-0.39, 0.29) is 5.78 Å². The van der Waals surface area contributed by atoms with Crippen molar-refractivity contribution in [3.05, 3.63) is 95.7 Å². The number of benzene rings is 2. The van der Waals surface area contributed by atoms with Gasteiger partial charge in [-0.1, -0.05) is 67.2 Å². The maximum Gasteiger partial charge on any atom is 0.182 e. The molecule has 0 radical (unpaired) electrons. The summed E-state index contributed by atoms with van der Waals surface area (Å²) in [7, 11) is 0. The number of hydrogen-bond acceptors (Lipinski definition) is 1. The summed E-state index contributed by atoms with van der Waals surface area (Å²) in [6.07, 6.45) is 1.78. The maximum atomic E-state index is 12.9. The van der Waals surface area contributed by atoms with E-state index in [9.17, 15) is 4.79 Å². The molecule has 1 aliphatic rings. The largest absolute Gasteiger partial charge is 0.292 e. The number of ketones is 1. The fourth-order valence-corrected chi connectivity index (χ4v) is 3.08. The van der Waals surface area contributed by atoms with Gasteiger partial charge in [0.2, 0.25) is 0 Å². The molecule has 1 heteroatoms. The van der Waals surface area contributed by atoms with Crippen LogP contribution < -0.4 is 0 Å². The fourth-order valence-electron chi connectivity index (χ4n) is 3.08. The van der Waals surface area contributed by atoms with Crippen molar-refractivity contribution in [3.63, 3.8) is 0 Å². The van der Waals surface area contributed by atoms with Crippen LogP contribution >= 0.6 is 0 Å². The highest BCUT2D eigenvalue weighted by molar-refractivity contribution is 6.35. The third-order valence-electron chi connectivity index (χ3n) is 4.16. The van der Waals surface area contributed by atoms with Crippen LogP contribution in [0.3, 0.4) is 0 Å². The van der Waals surface area contributed by atoms with Gasteiger partial charge < -0.3 is 0 Å². The predicted octanol–water partition coefficient (Wildman–Crippen LogP) is 4.32. The fraction of sp³-hybridized carbons (Fsp3) is 0.100. The lowest BCUT2D eigenvalue weighted by Crippen LogP contribution is -2.45. The van der Waals surface area contributed by atoms with Crippen LogP contribution in [0.1, 0.15) is 18.1 Å². The van der Waals surface area contributed by atoms with Crippen LogP contribution in [-0.2, 0) is 10.2 Å². The first-order valence-electron chi connectivity index (χ1n) is 6.96. The monoisotopic (exact) mass is 272 g/mol. The molecule has 102 valence electrons. The van der Waals surface area contributed by atoms with Gasteiger partial charge >= 0.3 is 0 Å². The molecule has 0 aliphatic heterocycles. The Bertz CT molecular complexity index is 762. The topological polar surface area (TPSA) is 17.1 Å². The second kappa shape index (κ2) is 5.05. The van der Waals surface area contributed by atoms with Crippen molar-refractivity contribution in [2.45, 2.75) is 12.3 Å². The molecule has 0 fully saturated rings. The van der Waals surface area contributed by atoms with E-state index in [1.165, 1.54) is 0 Å². The highest BCUT2D eigenvalue weighted by atomic mass is 16.1. The van der Waals surface area contributed by atoms with E-state index < -0.39 is 5.41 Å². The normalized spacial score (nSPS) is 20.7. The molecule has 0 bridgehead atoms. The molecule has 0 aromatic heterocycles. The van der Waals surface area contributed by atoms with Crippen molar-refractivity contribution in [2.24, 2.45) is 0 Å². The van der Waals surface area contributed by atoms with Gasteiger partial charge in [0.1, 0.15) is 5.41 Å². The standard InChI is InChI=1S/C20H16O/c1-3-14-20(17-12-8-5-9-13-17)15(2)18(19(20)21)16-10-6-4-7-11-16/h4-14H,1H2,2H3. The number of Topliss-reactive ketones (excluding diaryl/α,β-unsaturated/α-hetero) is 1. The number of allylic oxidation sites excluding steroid dienone is 3. The van der Waals surface area contributed by atoms with Crippen molar-refractivity contribution in [2.75, 3.05) is 0 Å². The molecule has 0 saturated heterocycles.